The zero-order valence-corrected chi connectivity index (χ0v) is 63.2. The number of para-hydroxylation sites is 3. The second-order valence-electron chi connectivity index (χ2n) is 32.3. The number of fused-ring (bicyclic) bond motifs is 13. The van der Waals surface area contributed by atoms with Gasteiger partial charge in [-0.1, -0.05) is 18.2 Å². The molecule has 4 nitrogen and oxygen atoms in total. The van der Waals surface area contributed by atoms with Crippen LogP contribution in [0.15, 0.2) is 315 Å². The average Bonchev–Trinajstić information content (AvgIpc) is 1.66. The molecule has 5 heterocycles. The minimum absolute atomic E-state index is 0.00798. The van der Waals surface area contributed by atoms with Gasteiger partial charge in [0.1, 0.15) is 0 Å². The Morgan fingerprint density at radius 2 is 0.806 bits per heavy atom. The van der Waals surface area contributed by atoms with Crippen LogP contribution < -0.4 is 25.1 Å². The molecule has 0 spiro atoms. The van der Waals surface area contributed by atoms with Crippen LogP contribution in [0.3, 0.4) is 0 Å². The van der Waals surface area contributed by atoms with Gasteiger partial charge in [0.25, 0.3) is 0 Å². The van der Waals surface area contributed by atoms with Gasteiger partial charge in [0.15, 0.2) is 0 Å². The van der Waals surface area contributed by atoms with Crippen molar-refractivity contribution in [1.82, 2.24) is 9.13 Å². The molecular weight excluding hydrogens is 1370 g/mol. The van der Waals surface area contributed by atoms with Crippen LogP contribution in [0.4, 0.5) is 34.1 Å². The molecule has 0 bridgehead atoms. The van der Waals surface area contributed by atoms with Gasteiger partial charge >= 0.3 is 628 Å². The van der Waals surface area contributed by atoms with Gasteiger partial charge in [0.05, 0.1) is 0 Å². The standard InChI is InChI=1S/C102H79BN4Se/c1-100(2,3)69-54-78(62-29-14-10-15-30-62)96(79(55-69)63-31-16-11-17-32-63)106-87-61-73(105-86-44-27-24-41-76(86)94-77-50-47-67-38-28-37-66-45-46-68(53-88(94)105)93(77)92(66)67)48-51-83(87)103-95-89(106)58-71(102(7,8)9)59-90(95)107(97-80(64-33-18-12-19-34-64)56-70(101(4,5)6)57-81(97)65-35-20-13-21-36-65)98-82-60-72(49-52-91(82)108-99(98)103)104-84-42-25-22-39-74(84)75-40-23-26-43-85(75)104/h10-61H,1-9H3/i22D,23D,25D,26D,39D,40D,42D,43D,48D,51D,61D. The third-order valence-corrected chi connectivity index (χ3v) is 25.4. The van der Waals surface area contributed by atoms with Crippen LogP contribution >= 0.6 is 0 Å². The van der Waals surface area contributed by atoms with Crippen molar-refractivity contribution in [3.8, 4) is 55.9 Å². The van der Waals surface area contributed by atoms with Gasteiger partial charge in [-0.05, 0) is 10.8 Å². The van der Waals surface area contributed by atoms with Gasteiger partial charge in [0.2, 0.25) is 0 Å². The fourth-order valence-corrected chi connectivity index (χ4v) is 20.2. The van der Waals surface area contributed by atoms with E-state index in [0.717, 1.165) is 158 Å². The molecule has 516 valence electrons. The van der Waals surface area contributed by atoms with Crippen molar-refractivity contribution < 1.29 is 15.1 Å². The third-order valence-electron chi connectivity index (χ3n) is 22.8. The summed E-state index contributed by atoms with van der Waals surface area (Å²) in [5.74, 6) is 0. The molecule has 16 aromatic carbocycles. The molecule has 21 rings (SSSR count). The van der Waals surface area contributed by atoms with Crippen LogP contribution in [0.25, 0.3) is 141 Å². The van der Waals surface area contributed by atoms with Gasteiger partial charge in [-0.2, -0.15) is 0 Å². The number of nitrogens with zero attached hydrogens (tertiary/aromatic N) is 4. The van der Waals surface area contributed by atoms with Crippen molar-refractivity contribution in [2.24, 2.45) is 0 Å². The number of hydrogen-bond acceptors (Lipinski definition) is 2. The summed E-state index contributed by atoms with van der Waals surface area (Å²) in [6.07, 6.45) is 0. The molecule has 0 N–H and O–H groups in total. The molecule has 0 amide bonds. The van der Waals surface area contributed by atoms with Gasteiger partial charge in [-0.25, -0.2) is 0 Å². The van der Waals surface area contributed by atoms with Crippen molar-refractivity contribution in [3.63, 3.8) is 0 Å². The van der Waals surface area contributed by atoms with Gasteiger partial charge in [-0.3, -0.25) is 0 Å². The van der Waals surface area contributed by atoms with Crippen LogP contribution in [-0.2, 0) is 16.2 Å². The summed E-state index contributed by atoms with van der Waals surface area (Å²) in [6.45, 7) is 19.4. The molecule has 2 aliphatic heterocycles. The molecule has 0 unspecified atom stereocenters. The van der Waals surface area contributed by atoms with E-state index in [1.165, 1.54) is 5.39 Å². The van der Waals surface area contributed by atoms with Gasteiger partial charge in [0, 0.05) is 0 Å². The molecule has 3 aromatic heterocycles. The fraction of sp³-hybridized carbons (Fsp3) is 0.118. The number of hydrogen-bond donors (Lipinski definition) is 0. The Labute approximate surface area is 652 Å². The summed E-state index contributed by atoms with van der Waals surface area (Å²) in [7, 11) is 0. The van der Waals surface area contributed by atoms with Crippen LogP contribution in [0, 0.1) is 0 Å². The molecule has 0 radical (unpaired) electrons. The summed E-state index contributed by atoms with van der Waals surface area (Å²) in [4.78, 5) is 4.84. The van der Waals surface area contributed by atoms with Crippen molar-refractivity contribution in [2.45, 2.75) is 78.6 Å². The molecule has 19 aromatic rings. The normalized spacial score (nSPS) is 14.6. The summed E-state index contributed by atoms with van der Waals surface area (Å²) in [5, 5.41) is 9.33. The molecule has 6 heteroatoms. The molecule has 0 saturated heterocycles. The Morgan fingerprint density at radius 1 is 0.324 bits per heavy atom. The third kappa shape index (κ3) is 9.75. The van der Waals surface area contributed by atoms with E-state index >= 15 is 0 Å². The van der Waals surface area contributed by atoms with Crippen molar-refractivity contribution >= 4 is 156 Å². The number of rotatable bonds is 8. The summed E-state index contributed by atoms with van der Waals surface area (Å²) in [5.41, 5.74) is 17.5. The van der Waals surface area contributed by atoms with E-state index in [2.05, 4.69) is 283 Å². The van der Waals surface area contributed by atoms with Crippen molar-refractivity contribution in [2.75, 3.05) is 9.80 Å². The van der Waals surface area contributed by atoms with E-state index < -0.39 is 75.0 Å². The SMILES string of the molecule is [2H]c1c([2H])c(-n2c3ccccc3c3c4ccc5cccc6ccc(cc32)c4c65)c([2H])c2c1B1c3[se]c4ccc(-n5c6c([2H])c([2H])c([2H])c([2H])c6c6c([2H])c([2H])c([2H])c([2H])c65)cc4c3N(c3c(-c4ccccc4)cc(C(C)(C)C)cc3-c3ccccc3)c3cc(C(C)(C)C)cc(c31)N2c1c(-c2ccccc2)cc(C(C)(C)C)cc1-c1ccccc1. The average molecular weight is 1460 g/mol. The summed E-state index contributed by atoms with van der Waals surface area (Å²) >= 11 is -0.664. The molecule has 0 aliphatic carbocycles. The quantitative estimate of drug-likeness (QED) is 0.111. The molecule has 2 aliphatic rings. The maximum absolute atomic E-state index is 12.1. The Hall–Kier alpha value is -11.9. The Morgan fingerprint density at radius 3 is 1.36 bits per heavy atom. The maximum atomic E-state index is 12.1. The van der Waals surface area contributed by atoms with E-state index in [9.17, 15) is 12.3 Å². The predicted octanol–water partition coefficient (Wildman–Crippen LogP) is 25.6. The second-order valence-corrected chi connectivity index (χ2v) is 34.6. The second kappa shape index (κ2) is 23.8. The van der Waals surface area contributed by atoms with Crippen LogP contribution in [0.2, 0.25) is 0 Å². The number of aromatic nitrogens is 2. The first-order valence-electron chi connectivity index (χ1n) is 42.8. The van der Waals surface area contributed by atoms with Crippen molar-refractivity contribution in [3.05, 3.63) is 332 Å². The van der Waals surface area contributed by atoms with Crippen molar-refractivity contribution in [1.29, 1.82) is 0 Å². The van der Waals surface area contributed by atoms with Gasteiger partial charge < -0.3 is 0 Å². The van der Waals surface area contributed by atoms with E-state index in [1.54, 1.807) is 4.57 Å². The Bertz CT molecular complexity index is 7410. The molecule has 0 fully saturated rings. The Kier molecular flexibility index (Phi) is 11.8. The monoisotopic (exact) mass is 1460 g/mol. The summed E-state index contributed by atoms with van der Waals surface area (Å²) in [6, 6.07) is 84.4. The Balaban J connectivity index is 0.982. The predicted molar refractivity (Wildman–Crippen MR) is 465 cm³/mol. The molecule has 0 atom stereocenters. The first kappa shape index (κ1) is 53.8. The molecule has 108 heavy (non-hydrogen) atoms. The first-order chi connectivity index (χ1) is 57.1. The number of benzene rings is 16. The van der Waals surface area contributed by atoms with Crippen LogP contribution in [0.1, 0.15) is 94.1 Å². The van der Waals surface area contributed by atoms with E-state index in [4.69, 9.17) is 2.74 Å². The molecule has 0 saturated carbocycles. The molecular formula is C102H79BN4Se. The van der Waals surface area contributed by atoms with E-state index in [0.29, 0.717) is 16.8 Å². The van der Waals surface area contributed by atoms with E-state index in [1.807, 2.05) is 42.5 Å². The van der Waals surface area contributed by atoms with Gasteiger partial charge in [-0.15, -0.1) is 0 Å². The minimum atomic E-state index is -0.827. The fourth-order valence-electron chi connectivity index (χ4n) is 17.5. The number of anilines is 6. The van der Waals surface area contributed by atoms with E-state index in [-0.39, 0.29) is 56.5 Å². The van der Waals surface area contributed by atoms with Crippen LogP contribution in [-0.4, -0.2) is 30.4 Å². The first-order valence-corrected chi connectivity index (χ1v) is 39.0. The zero-order valence-electron chi connectivity index (χ0n) is 72.4. The topological polar surface area (TPSA) is 16.3 Å². The summed E-state index contributed by atoms with van der Waals surface area (Å²) < 4.78 is 116. The van der Waals surface area contributed by atoms with Crippen LogP contribution in [0.5, 0.6) is 0 Å². The zero-order chi connectivity index (χ0) is 82.4.